The van der Waals surface area contributed by atoms with E-state index in [-0.39, 0.29) is 0 Å². The molecule has 1 aromatic rings. The Hall–Kier alpha value is -0.610. The van der Waals surface area contributed by atoms with Crippen LogP contribution in [0.1, 0.15) is 57.0 Å². The maximum atomic E-state index is 5.00. The second-order valence-corrected chi connectivity index (χ2v) is 8.19. The Morgan fingerprint density at radius 3 is 2.86 bits per heavy atom. The van der Waals surface area contributed by atoms with Crippen molar-refractivity contribution in [2.75, 3.05) is 18.0 Å². The first-order chi connectivity index (χ1) is 10.2. The van der Waals surface area contributed by atoms with Crippen LogP contribution in [-0.2, 0) is 13.0 Å². The summed E-state index contributed by atoms with van der Waals surface area (Å²) >= 11 is 1.94. The van der Waals surface area contributed by atoms with Gasteiger partial charge in [0.2, 0.25) is 0 Å². The highest BCUT2D eigenvalue weighted by atomic mass is 32.1. The summed E-state index contributed by atoms with van der Waals surface area (Å²) in [6.45, 7) is 10.1. The molecule has 1 N–H and O–H groups in total. The van der Waals surface area contributed by atoms with Gasteiger partial charge in [0.15, 0.2) is 5.13 Å². The third-order valence-corrected chi connectivity index (χ3v) is 5.88. The minimum atomic E-state index is 0.710. The normalized spacial score (nSPS) is 24.5. The molecule has 2 bridgehead atoms. The number of aromatic nitrogens is 1. The Labute approximate surface area is 133 Å². The van der Waals surface area contributed by atoms with Crippen LogP contribution in [0.5, 0.6) is 0 Å². The third-order valence-electron chi connectivity index (χ3n) is 4.75. The van der Waals surface area contributed by atoms with Gasteiger partial charge >= 0.3 is 0 Å². The molecule has 3 nitrogen and oxygen atoms in total. The topological polar surface area (TPSA) is 28.2 Å². The number of hydrogen-bond acceptors (Lipinski definition) is 4. The van der Waals surface area contributed by atoms with E-state index in [1.165, 1.54) is 47.9 Å². The number of piperidine rings is 1. The molecule has 2 aliphatic rings. The minimum absolute atomic E-state index is 0.710. The van der Waals surface area contributed by atoms with Crippen LogP contribution in [0, 0.1) is 11.8 Å². The molecular weight excluding hydrogens is 278 g/mol. The number of nitrogens with zero attached hydrogens (tertiary/aromatic N) is 2. The number of thiazole rings is 1. The zero-order valence-corrected chi connectivity index (χ0v) is 14.5. The fourth-order valence-corrected chi connectivity index (χ4v) is 4.85. The van der Waals surface area contributed by atoms with Crippen LogP contribution in [0.2, 0.25) is 0 Å². The Balaban J connectivity index is 1.70. The van der Waals surface area contributed by atoms with Crippen molar-refractivity contribution in [3.63, 3.8) is 0 Å². The molecule has 21 heavy (non-hydrogen) atoms. The summed E-state index contributed by atoms with van der Waals surface area (Å²) in [7, 11) is 0. The van der Waals surface area contributed by atoms with E-state index in [0.717, 1.165) is 31.5 Å². The number of fused-ring (bicyclic) bond motifs is 2. The van der Waals surface area contributed by atoms with Gasteiger partial charge in [0, 0.05) is 24.0 Å². The fraction of sp³-hybridized carbons (Fsp3) is 0.824. The summed E-state index contributed by atoms with van der Waals surface area (Å²) in [5.41, 5.74) is 1.34. The average Bonchev–Trinajstić information content (AvgIpc) is 3.14. The largest absolute Gasteiger partial charge is 0.345 e. The van der Waals surface area contributed by atoms with Gasteiger partial charge in [0.05, 0.1) is 5.69 Å². The number of rotatable bonds is 7. The Kier molecular flexibility index (Phi) is 4.85. The number of aryl methyl sites for hydroxylation is 1. The number of nitrogens with one attached hydrogen (secondary N) is 1. The predicted molar refractivity (Wildman–Crippen MR) is 91.1 cm³/mol. The van der Waals surface area contributed by atoms with Gasteiger partial charge in [-0.3, -0.25) is 0 Å². The Bertz CT molecular complexity index is 469. The lowest BCUT2D eigenvalue weighted by Crippen LogP contribution is -2.31. The van der Waals surface area contributed by atoms with Crippen molar-refractivity contribution < 1.29 is 0 Å². The molecule has 3 rings (SSSR count). The lowest BCUT2D eigenvalue weighted by atomic mass is 10.1. The first kappa shape index (κ1) is 15.3. The molecule has 2 heterocycles. The van der Waals surface area contributed by atoms with E-state index in [0.29, 0.717) is 5.92 Å². The van der Waals surface area contributed by atoms with Gasteiger partial charge in [-0.1, -0.05) is 27.2 Å². The van der Waals surface area contributed by atoms with Crippen molar-refractivity contribution in [3.05, 3.63) is 10.6 Å². The van der Waals surface area contributed by atoms with Crippen LogP contribution in [0.25, 0.3) is 0 Å². The molecule has 4 heteroatoms. The zero-order valence-electron chi connectivity index (χ0n) is 13.7. The lowest BCUT2D eigenvalue weighted by Gasteiger charge is -2.26. The van der Waals surface area contributed by atoms with E-state index in [4.69, 9.17) is 4.98 Å². The SMILES string of the molecule is CCCc1nc(N2CC3CCC2C3)sc1CNCC(C)C. The molecule has 0 aromatic carbocycles. The van der Waals surface area contributed by atoms with E-state index in [1.54, 1.807) is 0 Å². The predicted octanol–water partition coefficient (Wildman–Crippen LogP) is 3.83. The summed E-state index contributed by atoms with van der Waals surface area (Å²) in [4.78, 5) is 9.07. The molecule has 0 amide bonds. The van der Waals surface area contributed by atoms with Gasteiger partial charge in [0.25, 0.3) is 0 Å². The Morgan fingerprint density at radius 1 is 1.38 bits per heavy atom. The van der Waals surface area contributed by atoms with Crippen molar-refractivity contribution in [1.82, 2.24) is 10.3 Å². The average molecular weight is 308 g/mol. The first-order valence-corrected chi connectivity index (χ1v) is 9.45. The monoisotopic (exact) mass is 307 g/mol. The van der Waals surface area contributed by atoms with E-state index >= 15 is 0 Å². The first-order valence-electron chi connectivity index (χ1n) is 8.63. The van der Waals surface area contributed by atoms with Crippen LogP contribution in [0.4, 0.5) is 5.13 Å². The number of hydrogen-bond donors (Lipinski definition) is 1. The lowest BCUT2D eigenvalue weighted by molar-refractivity contribution is 0.551. The zero-order chi connectivity index (χ0) is 14.8. The molecule has 1 saturated heterocycles. The van der Waals surface area contributed by atoms with Gasteiger partial charge in [-0.25, -0.2) is 4.98 Å². The summed E-state index contributed by atoms with van der Waals surface area (Å²) < 4.78 is 0. The van der Waals surface area contributed by atoms with E-state index < -0.39 is 0 Å². The minimum Gasteiger partial charge on any atom is -0.345 e. The molecule has 0 radical (unpaired) electrons. The van der Waals surface area contributed by atoms with Crippen LogP contribution < -0.4 is 10.2 Å². The quantitative estimate of drug-likeness (QED) is 0.830. The summed E-state index contributed by atoms with van der Waals surface area (Å²) in [6.07, 6.45) is 6.54. The maximum Gasteiger partial charge on any atom is 0.186 e. The molecule has 1 aliphatic carbocycles. The maximum absolute atomic E-state index is 5.00. The highest BCUT2D eigenvalue weighted by molar-refractivity contribution is 7.15. The molecular formula is C17H29N3S. The van der Waals surface area contributed by atoms with E-state index in [9.17, 15) is 0 Å². The fourth-order valence-electron chi connectivity index (χ4n) is 3.70. The van der Waals surface area contributed by atoms with E-state index in [2.05, 4.69) is 31.0 Å². The van der Waals surface area contributed by atoms with E-state index in [1.807, 2.05) is 11.3 Å². The van der Waals surface area contributed by atoms with Crippen molar-refractivity contribution in [2.24, 2.45) is 11.8 Å². The number of anilines is 1. The molecule has 1 saturated carbocycles. The third kappa shape index (κ3) is 3.42. The second kappa shape index (κ2) is 6.66. The van der Waals surface area contributed by atoms with Gasteiger partial charge in [0.1, 0.15) is 0 Å². The molecule has 1 aromatic heterocycles. The van der Waals surface area contributed by atoms with Crippen molar-refractivity contribution >= 4 is 16.5 Å². The Morgan fingerprint density at radius 2 is 2.24 bits per heavy atom. The van der Waals surface area contributed by atoms with Crippen LogP contribution in [-0.4, -0.2) is 24.1 Å². The van der Waals surface area contributed by atoms with Crippen LogP contribution >= 0.6 is 11.3 Å². The highest BCUT2D eigenvalue weighted by Gasteiger charge is 2.39. The molecule has 0 spiro atoms. The van der Waals surface area contributed by atoms with Crippen LogP contribution in [0.3, 0.4) is 0 Å². The summed E-state index contributed by atoms with van der Waals surface area (Å²) in [6, 6.07) is 0.784. The second-order valence-electron chi connectivity index (χ2n) is 7.13. The van der Waals surface area contributed by atoms with Crippen molar-refractivity contribution in [1.29, 1.82) is 0 Å². The molecule has 2 unspecified atom stereocenters. The van der Waals surface area contributed by atoms with Crippen molar-refractivity contribution in [2.45, 2.75) is 65.5 Å². The van der Waals surface area contributed by atoms with Gasteiger partial charge < -0.3 is 10.2 Å². The smallest absolute Gasteiger partial charge is 0.186 e. The molecule has 2 fully saturated rings. The molecule has 2 atom stereocenters. The molecule has 1 aliphatic heterocycles. The van der Waals surface area contributed by atoms with Crippen molar-refractivity contribution in [3.8, 4) is 0 Å². The van der Waals surface area contributed by atoms with Gasteiger partial charge in [-0.05, 0) is 44.1 Å². The van der Waals surface area contributed by atoms with Gasteiger partial charge in [-0.2, -0.15) is 0 Å². The van der Waals surface area contributed by atoms with Gasteiger partial charge in [-0.15, -0.1) is 11.3 Å². The molecule has 118 valence electrons. The highest BCUT2D eigenvalue weighted by Crippen LogP contribution is 2.42. The standard InChI is InChI=1S/C17H29N3S/c1-4-5-15-16(10-18-9-12(2)3)21-17(19-15)20-11-13-6-7-14(20)8-13/h12-14,18H,4-11H2,1-3H3. The summed E-state index contributed by atoms with van der Waals surface area (Å²) in [5, 5.41) is 4.89. The summed E-state index contributed by atoms with van der Waals surface area (Å²) in [5.74, 6) is 1.65. The van der Waals surface area contributed by atoms with Crippen LogP contribution in [0.15, 0.2) is 0 Å².